The maximum Gasteiger partial charge on any atom is 0.416 e. The Hall–Kier alpha value is -1.89. The molecule has 0 spiro atoms. The Labute approximate surface area is 119 Å². The minimum absolute atomic E-state index is 0.0488. The fourth-order valence-electron chi connectivity index (χ4n) is 1.50. The van der Waals surface area contributed by atoms with Gasteiger partial charge in [-0.15, -0.1) is 0 Å². The summed E-state index contributed by atoms with van der Waals surface area (Å²) in [6.45, 7) is 0. The topological polar surface area (TPSA) is 9.23 Å². The first-order chi connectivity index (χ1) is 9.70. The molecule has 2 aromatic rings. The minimum Gasteiger partial charge on any atom is -0.447 e. The molecule has 0 aliphatic rings. The predicted octanol–water partition coefficient (Wildman–Crippen LogP) is 5.57. The molecule has 0 aliphatic carbocycles. The van der Waals surface area contributed by atoms with E-state index in [0.29, 0.717) is 0 Å². The Morgan fingerprint density at radius 2 is 1.43 bits per heavy atom. The molecule has 2 rings (SSSR count). The quantitative estimate of drug-likeness (QED) is 0.656. The molecule has 0 heterocycles. The van der Waals surface area contributed by atoms with Gasteiger partial charge in [-0.05, 0) is 24.3 Å². The number of para-hydroxylation sites is 1. The van der Waals surface area contributed by atoms with Crippen LogP contribution in [0.25, 0.3) is 0 Å². The number of hydrogen-bond donors (Lipinski definition) is 0. The second-order valence-electron chi connectivity index (χ2n) is 3.92. The lowest BCUT2D eigenvalue weighted by molar-refractivity contribution is -0.138. The summed E-state index contributed by atoms with van der Waals surface area (Å²) in [6, 6.07) is 3.44. The van der Waals surface area contributed by atoms with Crippen LogP contribution in [-0.4, -0.2) is 0 Å². The van der Waals surface area contributed by atoms with Crippen LogP contribution in [0.4, 0.5) is 26.3 Å². The minimum atomic E-state index is -4.92. The molecule has 112 valence electrons. The van der Waals surface area contributed by atoms with E-state index in [1.54, 1.807) is 0 Å². The van der Waals surface area contributed by atoms with Gasteiger partial charge in [0.2, 0.25) is 0 Å². The van der Waals surface area contributed by atoms with E-state index < -0.39 is 40.7 Å². The molecule has 0 aliphatic heterocycles. The zero-order chi connectivity index (χ0) is 15.8. The fourth-order valence-corrected chi connectivity index (χ4v) is 1.70. The summed E-state index contributed by atoms with van der Waals surface area (Å²) < 4.78 is 82.3. The summed E-state index contributed by atoms with van der Waals surface area (Å²) >= 11 is 5.60. The zero-order valence-electron chi connectivity index (χ0n) is 9.94. The maximum atomic E-state index is 13.6. The monoisotopic (exact) mass is 326 g/mol. The van der Waals surface area contributed by atoms with Gasteiger partial charge >= 0.3 is 6.18 Å². The smallest absolute Gasteiger partial charge is 0.416 e. The SMILES string of the molecule is Fc1cc(C(F)(F)F)cc(F)c1Oc1c(F)cccc1Cl. The number of halogens is 7. The van der Waals surface area contributed by atoms with Crippen LogP contribution >= 0.6 is 11.6 Å². The molecule has 1 nitrogen and oxygen atoms in total. The average Bonchev–Trinajstić information content (AvgIpc) is 2.35. The maximum absolute atomic E-state index is 13.6. The molecule has 0 fully saturated rings. The van der Waals surface area contributed by atoms with Crippen LogP contribution in [0.2, 0.25) is 5.02 Å². The summed E-state index contributed by atoms with van der Waals surface area (Å²) in [5, 5.41) is -0.284. The highest BCUT2D eigenvalue weighted by Gasteiger charge is 2.33. The van der Waals surface area contributed by atoms with Crippen molar-refractivity contribution in [3.8, 4) is 11.5 Å². The summed E-state index contributed by atoms with van der Waals surface area (Å²) in [5.41, 5.74) is -1.52. The van der Waals surface area contributed by atoms with E-state index >= 15 is 0 Å². The van der Waals surface area contributed by atoms with E-state index in [1.807, 2.05) is 0 Å². The van der Waals surface area contributed by atoms with Gasteiger partial charge in [-0.25, -0.2) is 13.2 Å². The van der Waals surface area contributed by atoms with E-state index in [2.05, 4.69) is 4.74 Å². The summed E-state index contributed by atoms with van der Waals surface area (Å²) in [7, 11) is 0. The first-order valence-electron chi connectivity index (χ1n) is 5.38. The summed E-state index contributed by atoms with van der Waals surface area (Å²) in [5.74, 6) is -6.11. The Bertz CT molecular complexity index is 640. The lowest BCUT2D eigenvalue weighted by Crippen LogP contribution is -2.07. The van der Waals surface area contributed by atoms with Crippen molar-refractivity contribution in [2.45, 2.75) is 6.18 Å². The average molecular weight is 327 g/mol. The molecule has 0 atom stereocenters. The van der Waals surface area contributed by atoms with Gasteiger partial charge < -0.3 is 4.74 Å². The van der Waals surface area contributed by atoms with Crippen LogP contribution in [0, 0.1) is 17.5 Å². The van der Waals surface area contributed by atoms with Crippen LogP contribution in [0.15, 0.2) is 30.3 Å². The van der Waals surface area contributed by atoms with Crippen molar-refractivity contribution in [1.82, 2.24) is 0 Å². The van der Waals surface area contributed by atoms with Crippen molar-refractivity contribution in [2.75, 3.05) is 0 Å². The Morgan fingerprint density at radius 3 is 1.90 bits per heavy atom. The molecule has 2 aromatic carbocycles. The molecule has 0 unspecified atom stereocenters. The van der Waals surface area contributed by atoms with Crippen LogP contribution in [-0.2, 0) is 6.18 Å². The first-order valence-corrected chi connectivity index (χ1v) is 5.76. The van der Waals surface area contributed by atoms with Crippen LogP contribution < -0.4 is 4.74 Å². The Kier molecular flexibility index (Phi) is 4.04. The van der Waals surface area contributed by atoms with Gasteiger partial charge in [-0.2, -0.15) is 13.2 Å². The molecule has 0 bridgehead atoms. The Morgan fingerprint density at radius 1 is 0.857 bits per heavy atom. The van der Waals surface area contributed by atoms with Gasteiger partial charge in [0, 0.05) is 0 Å². The van der Waals surface area contributed by atoms with Crippen molar-refractivity contribution < 1.29 is 31.1 Å². The van der Waals surface area contributed by atoms with Crippen LogP contribution in [0.1, 0.15) is 5.56 Å². The highest BCUT2D eigenvalue weighted by Crippen LogP contribution is 2.38. The van der Waals surface area contributed by atoms with Crippen LogP contribution in [0.3, 0.4) is 0 Å². The molecule has 0 radical (unpaired) electrons. The first kappa shape index (κ1) is 15.5. The third kappa shape index (κ3) is 3.24. The van der Waals surface area contributed by atoms with Crippen molar-refractivity contribution in [3.05, 3.63) is 58.4 Å². The van der Waals surface area contributed by atoms with E-state index in [4.69, 9.17) is 11.6 Å². The van der Waals surface area contributed by atoms with E-state index in [1.165, 1.54) is 12.1 Å². The zero-order valence-corrected chi connectivity index (χ0v) is 10.7. The van der Waals surface area contributed by atoms with Gasteiger partial charge in [0.15, 0.2) is 29.0 Å². The Balaban J connectivity index is 2.47. The normalized spacial score (nSPS) is 11.6. The van der Waals surface area contributed by atoms with E-state index in [0.717, 1.165) is 6.07 Å². The van der Waals surface area contributed by atoms with E-state index in [-0.39, 0.29) is 17.2 Å². The van der Waals surface area contributed by atoms with Crippen molar-refractivity contribution >= 4 is 11.6 Å². The van der Waals surface area contributed by atoms with Gasteiger partial charge in [0.1, 0.15) is 0 Å². The molecular weight excluding hydrogens is 322 g/mol. The highest BCUT2D eigenvalue weighted by atomic mass is 35.5. The second kappa shape index (κ2) is 5.48. The fraction of sp³-hybridized carbons (Fsp3) is 0.0769. The van der Waals surface area contributed by atoms with Crippen molar-refractivity contribution in [3.63, 3.8) is 0 Å². The standard InChI is InChI=1S/C13H5ClF6O/c14-7-2-1-3-8(15)11(7)21-12-9(16)4-6(5-10(12)17)13(18,19)20/h1-5H. The lowest BCUT2D eigenvalue weighted by atomic mass is 10.2. The second-order valence-corrected chi connectivity index (χ2v) is 4.33. The predicted molar refractivity (Wildman–Crippen MR) is 62.8 cm³/mol. The molecule has 8 heteroatoms. The summed E-state index contributed by atoms with van der Waals surface area (Å²) in [4.78, 5) is 0. The van der Waals surface area contributed by atoms with E-state index in [9.17, 15) is 26.3 Å². The number of ether oxygens (including phenoxy) is 1. The lowest BCUT2D eigenvalue weighted by Gasteiger charge is -2.12. The molecule has 0 amide bonds. The largest absolute Gasteiger partial charge is 0.447 e. The van der Waals surface area contributed by atoms with Gasteiger partial charge in [0.25, 0.3) is 0 Å². The van der Waals surface area contributed by atoms with Gasteiger partial charge in [-0.3, -0.25) is 0 Å². The van der Waals surface area contributed by atoms with Crippen LogP contribution in [0.5, 0.6) is 11.5 Å². The van der Waals surface area contributed by atoms with Gasteiger partial charge in [-0.1, -0.05) is 17.7 Å². The summed E-state index contributed by atoms with van der Waals surface area (Å²) in [6.07, 6.45) is -4.92. The molecule has 0 saturated heterocycles. The number of rotatable bonds is 2. The molecular formula is C13H5ClF6O. The third-order valence-corrected chi connectivity index (χ3v) is 2.75. The molecule has 0 saturated carbocycles. The molecule has 21 heavy (non-hydrogen) atoms. The number of hydrogen-bond acceptors (Lipinski definition) is 1. The number of benzene rings is 2. The molecule has 0 aromatic heterocycles. The molecule has 0 N–H and O–H groups in total. The number of alkyl halides is 3. The van der Waals surface area contributed by atoms with Gasteiger partial charge in [0.05, 0.1) is 10.6 Å². The third-order valence-electron chi connectivity index (χ3n) is 2.45. The van der Waals surface area contributed by atoms with Crippen molar-refractivity contribution in [1.29, 1.82) is 0 Å². The highest BCUT2D eigenvalue weighted by molar-refractivity contribution is 6.32. The van der Waals surface area contributed by atoms with Crippen molar-refractivity contribution in [2.24, 2.45) is 0 Å².